The number of amides is 1. The van der Waals surface area contributed by atoms with E-state index in [2.05, 4.69) is 27.3 Å². The number of morpholine rings is 1. The molecule has 1 atom stereocenters. The van der Waals surface area contributed by atoms with Crippen molar-refractivity contribution in [3.8, 4) is 5.75 Å². The van der Waals surface area contributed by atoms with Crippen LogP contribution in [0.15, 0.2) is 48.5 Å². The van der Waals surface area contributed by atoms with Crippen LogP contribution in [-0.4, -0.2) is 55.7 Å². The molecule has 0 saturated carbocycles. The van der Waals surface area contributed by atoms with E-state index in [0.717, 1.165) is 35.3 Å². The molecule has 2 aromatic carbocycles. The van der Waals surface area contributed by atoms with Gasteiger partial charge in [0, 0.05) is 35.6 Å². The van der Waals surface area contributed by atoms with Crippen molar-refractivity contribution in [2.75, 3.05) is 40.0 Å². The first kappa shape index (κ1) is 19.8. The number of methoxy groups -OCH3 is 1. The van der Waals surface area contributed by atoms with Gasteiger partial charge in [-0.2, -0.15) is 0 Å². The zero-order valence-corrected chi connectivity index (χ0v) is 17.0. The summed E-state index contributed by atoms with van der Waals surface area (Å²) in [6.07, 6.45) is 0. The van der Waals surface area contributed by atoms with Gasteiger partial charge in [0.05, 0.1) is 26.4 Å². The first-order valence-electron chi connectivity index (χ1n) is 9.66. The molecule has 1 fully saturated rings. The van der Waals surface area contributed by atoms with E-state index >= 15 is 0 Å². The van der Waals surface area contributed by atoms with Crippen LogP contribution in [0.25, 0.3) is 10.9 Å². The van der Waals surface area contributed by atoms with Crippen molar-refractivity contribution in [1.82, 2.24) is 15.2 Å². The Labute approximate surface area is 174 Å². The number of rotatable bonds is 6. The molecule has 1 aliphatic heterocycles. The number of ether oxygens (including phenoxy) is 2. The van der Waals surface area contributed by atoms with Gasteiger partial charge in [0.15, 0.2) is 0 Å². The predicted molar refractivity (Wildman–Crippen MR) is 114 cm³/mol. The quantitative estimate of drug-likeness (QED) is 0.647. The number of hydrogen-bond donors (Lipinski definition) is 2. The molecule has 7 heteroatoms. The van der Waals surface area contributed by atoms with Crippen LogP contribution >= 0.6 is 11.6 Å². The van der Waals surface area contributed by atoms with Gasteiger partial charge < -0.3 is 19.8 Å². The van der Waals surface area contributed by atoms with E-state index in [-0.39, 0.29) is 11.9 Å². The summed E-state index contributed by atoms with van der Waals surface area (Å²) in [6, 6.07) is 15.4. The summed E-state index contributed by atoms with van der Waals surface area (Å²) < 4.78 is 10.8. The molecule has 152 valence electrons. The maximum Gasteiger partial charge on any atom is 0.267 e. The molecule has 1 amide bonds. The zero-order chi connectivity index (χ0) is 20.2. The summed E-state index contributed by atoms with van der Waals surface area (Å²) >= 11 is 6.05. The van der Waals surface area contributed by atoms with Crippen LogP contribution in [0.3, 0.4) is 0 Å². The van der Waals surface area contributed by atoms with E-state index in [0.29, 0.717) is 30.5 Å². The second kappa shape index (κ2) is 8.86. The predicted octanol–water partition coefficient (Wildman–Crippen LogP) is 3.63. The number of nitrogens with zero attached hydrogens (tertiary/aromatic N) is 1. The Hall–Kier alpha value is -2.54. The van der Waals surface area contributed by atoms with Crippen LogP contribution in [0.2, 0.25) is 5.02 Å². The molecule has 1 aromatic heterocycles. The molecule has 1 saturated heterocycles. The van der Waals surface area contributed by atoms with Gasteiger partial charge in [-0.1, -0.05) is 23.7 Å². The van der Waals surface area contributed by atoms with Gasteiger partial charge in [0.1, 0.15) is 11.4 Å². The Morgan fingerprint density at radius 2 is 1.97 bits per heavy atom. The molecule has 0 spiro atoms. The van der Waals surface area contributed by atoms with Crippen LogP contribution in [0.5, 0.6) is 5.75 Å². The Bertz CT molecular complexity index is 981. The summed E-state index contributed by atoms with van der Waals surface area (Å²) in [5.41, 5.74) is 2.55. The number of H-pyrrole nitrogens is 1. The first-order valence-corrected chi connectivity index (χ1v) is 10.0. The third-order valence-corrected chi connectivity index (χ3v) is 5.51. The molecule has 0 bridgehead atoms. The smallest absolute Gasteiger partial charge is 0.267 e. The fourth-order valence-corrected chi connectivity index (χ4v) is 3.86. The van der Waals surface area contributed by atoms with E-state index in [1.54, 1.807) is 13.2 Å². The molecule has 2 heterocycles. The lowest BCUT2D eigenvalue weighted by molar-refractivity contribution is 0.0162. The van der Waals surface area contributed by atoms with E-state index in [1.165, 1.54) is 0 Å². The SMILES string of the molecule is COc1ccc(C(CNC(=O)c2cc3cc(Cl)ccc3[nH]2)N2CCOCC2)cc1. The minimum atomic E-state index is -0.135. The van der Waals surface area contributed by atoms with E-state index < -0.39 is 0 Å². The highest BCUT2D eigenvalue weighted by molar-refractivity contribution is 6.31. The topological polar surface area (TPSA) is 66.6 Å². The molecule has 29 heavy (non-hydrogen) atoms. The molecule has 6 nitrogen and oxygen atoms in total. The maximum absolute atomic E-state index is 12.8. The largest absolute Gasteiger partial charge is 0.497 e. The number of aromatic amines is 1. The Kier molecular flexibility index (Phi) is 6.04. The average molecular weight is 414 g/mol. The van der Waals surface area contributed by atoms with Gasteiger partial charge in [0.2, 0.25) is 0 Å². The lowest BCUT2D eigenvalue weighted by Crippen LogP contribution is -2.43. The van der Waals surface area contributed by atoms with Crippen LogP contribution < -0.4 is 10.1 Å². The highest BCUT2D eigenvalue weighted by Gasteiger charge is 2.23. The third kappa shape index (κ3) is 4.56. The number of aromatic nitrogens is 1. The Morgan fingerprint density at radius 1 is 1.21 bits per heavy atom. The fourth-order valence-electron chi connectivity index (χ4n) is 3.68. The normalized spacial score (nSPS) is 15.9. The van der Waals surface area contributed by atoms with Crippen molar-refractivity contribution in [2.45, 2.75) is 6.04 Å². The maximum atomic E-state index is 12.8. The highest BCUT2D eigenvalue weighted by Crippen LogP contribution is 2.24. The first-order chi connectivity index (χ1) is 14.1. The molecule has 0 aliphatic carbocycles. The van der Waals surface area contributed by atoms with Crippen molar-refractivity contribution < 1.29 is 14.3 Å². The Balaban J connectivity index is 1.50. The molecule has 2 N–H and O–H groups in total. The zero-order valence-electron chi connectivity index (χ0n) is 16.3. The van der Waals surface area contributed by atoms with Gasteiger partial charge in [-0.3, -0.25) is 9.69 Å². The van der Waals surface area contributed by atoms with Gasteiger partial charge >= 0.3 is 0 Å². The minimum absolute atomic E-state index is 0.0626. The number of fused-ring (bicyclic) bond motifs is 1. The molecule has 0 radical (unpaired) electrons. The van der Waals surface area contributed by atoms with E-state index in [4.69, 9.17) is 21.1 Å². The second-order valence-corrected chi connectivity index (χ2v) is 7.50. The third-order valence-electron chi connectivity index (χ3n) is 5.27. The number of halogens is 1. The number of nitrogens with one attached hydrogen (secondary N) is 2. The number of carbonyl (C=O) groups is 1. The second-order valence-electron chi connectivity index (χ2n) is 7.06. The molecular formula is C22H24ClN3O3. The van der Waals surface area contributed by atoms with Gasteiger partial charge in [0.25, 0.3) is 5.91 Å². The number of carbonyl (C=O) groups excluding carboxylic acids is 1. The Morgan fingerprint density at radius 3 is 2.69 bits per heavy atom. The van der Waals surface area contributed by atoms with Crippen molar-refractivity contribution in [1.29, 1.82) is 0 Å². The van der Waals surface area contributed by atoms with E-state index in [1.807, 2.05) is 30.3 Å². The van der Waals surface area contributed by atoms with Crippen molar-refractivity contribution >= 4 is 28.4 Å². The monoisotopic (exact) mass is 413 g/mol. The van der Waals surface area contributed by atoms with Crippen LogP contribution in [-0.2, 0) is 4.74 Å². The summed E-state index contributed by atoms with van der Waals surface area (Å²) in [5.74, 6) is 0.680. The molecule has 1 unspecified atom stereocenters. The van der Waals surface area contributed by atoms with Gasteiger partial charge in [-0.15, -0.1) is 0 Å². The van der Waals surface area contributed by atoms with Crippen molar-refractivity contribution in [3.63, 3.8) is 0 Å². The van der Waals surface area contributed by atoms with Gasteiger partial charge in [-0.25, -0.2) is 0 Å². The summed E-state index contributed by atoms with van der Waals surface area (Å²) in [7, 11) is 1.65. The summed E-state index contributed by atoms with van der Waals surface area (Å²) in [5, 5.41) is 4.65. The molecule has 4 rings (SSSR count). The minimum Gasteiger partial charge on any atom is -0.497 e. The summed E-state index contributed by atoms with van der Waals surface area (Å²) in [4.78, 5) is 18.3. The molecule has 3 aromatic rings. The van der Waals surface area contributed by atoms with Crippen LogP contribution in [0.4, 0.5) is 0 Å². The molecular weight excluding hydrogens is 390 g/mol. The van der Waals surface area contributed by atoms with Crippen molar-refractivity contribution in [3.05, 3.63) is 64.8 Å². The highest BCUT2D eigenvalue weighted by atomic mass is 35.5. The van der Waals surface area contributed by atoms with Gasteiger partial charge in [-0.05, 0) is 42.0 Å². The lowest BCUT2D eigenvalue weighted by atomic mass is 10.0. The summed E-state index contributed by atoms with van der Waals surface area (Å²) in [6.45, 7) is 3.56. The van der Waals surface area contributed by atoms with Crippen LogP contribution in [0.1, 0.15) is 22.1 Å². The fraction of sp³-hybridized carbons (Fsp3) is 0.318. The number of benzene rings is 2. The van der Waals surface area contributed by atoms with E-state index in [9.17, 15) is 4.79 Å². The standard InChI is InChI=1S/C22H24ClN3O3/c1-28-18-5-2-15(3-6-18)21(26-8-10-29-11-9-26)14-24-22(27)20-13-16-12-17(23)4-7-19(16)25-20/h2-7,12-13,21,25H,8-11,14H2,1H3,(H,24,27). The molecule has 1 aliphatic rings. The van der Waals surface area contributed by atoms with Crippen molar-refractivity contribution in [2.24, 2.45) is 0 Å². The number of hydrogen-bond acceptors (Lipinski definition) is 4. The lowest BCUT2D eigenvalue weighted by Gasteiger charge is -2.35. The average Bonchev–Trinajstić information content (AvgIpc) is 3.18. The van der Waals surface area contributed by atoms with Crippen LogP contribution in [0, 0.1) is 0 Å².